The lowest BCUT2D eigenvalue weighted by molar-refractivity contribution is -0.138. The first-order valence-electron chi connectivity index (χ1n) is 11.0. The molecule has 3 atom stereocenters. The third kappa shape index (κ3) is 3.47. The van der Waals surface area contributed by atoms with E-state index in [4.69, 9.17) is 0 Å². The number of urea groups is 1. The maximum absolute atomic E-state index is 13.5. The number of nitrogens with zero attached hydrogens (tertiary/aromatic N) is 4. The summed E-state index contributed by atoms with van der Waals surface area (Å²) in [5.74, 6) is -0.0925. The summed E-state index contributed by atoms with van der Waals surface area (Å²) in [7, 11) is 1.80. The van der Waals surface area contributed by atoms with Crippen molar-refractivity contribution in [2.75, 3.05) is 31.6 Å². The highest BCUT2D eigenvalue weighted by atomic mass is 16.2. The van der Waals surface area contributed by atoms with Crippen LogP contribution >= 0.6 is 0 Å². The second-order valence-corrected chi connectivity index (χ2v) is 8.67. The number of benzene rings is 2. The molecule has 0 spiro atoms. The van der Waals surface area contributed by atoms with Crippen molar-refractivity contribution in [2.45, 2.75) is 38.3 Å². The molecule has 3 amide bonds. The molecule has 3 aliphatic rings. The molecule has 5 rings (SSSR count). The van der Waals surface area contributed by atoms with Gasteiger partial charge in [0.25, 0.3) is 5.91 Å². The summed E-state index contributed by atoms with van der Waals surface area (Å²) >= 11 is 0. The predicted molar refractivity (Wildman–Crippen MR) is 119 cm³/mol. The summed E-state index contributed by atoms with van der Waals surface area (Å²) in [4.78, 5) is 34.3. The smallest absolute Gasteiger partial charge is 0.327 e. The zero-order valence-corrected chi connectivity index (χ0v) is 18.1. The van der Waals surface area contributed by atoms with Crippen molar-refractivity contribution in [3.63, 3.8) is 0 Å². The Kier molecular flexibility index (Phi) is 5.16. The summed E-state index contributed by atoms with van der Waals surface area (Å²) in [6.45, 7) is 4.24. The van der Waals surface area contributed by atoms with Gasteiger partial charge in [-0.25, -0.2) is 4.79 Å². The summed E-state index contributed by atoms with van der Waals surface area (Å²) in [6.07, 6.45) is 1.22. The molecule has 0 aliphatic carbocycles. The molecule has 3 fully saturated rings. The van der Waals surface area contributed by atoms with Crippen molar-refractivity contribution in [1.29, 1.82) is 0 Å². The monoisotopic (exact) mass is 419 g/mol. The molecule has 7 nitrogen and oxygen atoms in total. The molecule has 162 valence electrons. The molecule has 1 N–H and O–H groups in total. The van der Waals surface area contributed by atoms with Crippen LogP contribution in [0.3, 0.4) is 0 Å². The average molecular weight is 420 g/mol. The quantitative estimate of drug-likeness (QED) is 0.824. The van der Waals surface area contributed by atoms with Gasteiger partial charge in [-0.3, -0.25) is 19.9 Å². The van der Waals surface area contributed by atoms with E-state index in [0.29, 0.717) is 13.0 Å². The number of aryl methyl sites for hydroxylation is 1. The van der Waals surface area contributed by atoms with Gasteiger partial charge in [-0.05, 0) is 43.0 Å². The molecule has 3 saturated heterocycles. The van der Waals surface area contributed by atoms with Gasteiger partial charge in [0.15, 0.2) is 0 Å². The summed E-state index contributed by atoms with van der Waals surface area (Å²) < 4.78 is 0. The zero-order chi connectivity index (χ0) is 21.5. The van der Waals surface area contributed by atoms with Crippen molar-refractivity contribution in [3.8, 4) is 0 Å². The van der Waals surface area contributed by atoms with Crippen molar-refractivity contribution in [2.24, 2.45) is 0 Å². The molecule has 0 bridgehead atoms. The van der Waals surface area contributed by atoms with Gasteiger partial charge in [0.05, 0.1) is 0 Å². The Balaban J connectivity index is 1.39. The lowest BCUT2D eigenvalue weighted by atomic mass is 10.1. The van der Waals surface area contributed by atoms with E-state index in [1.54, 1.807) is 11.9 Å². The Morgan fingerprint density at radius 1 is 1.03 bits per heavy atom. The fourth-order valence-corrected chi connectivity index (χ4v) is 5.08. The number of anilines is 1. The van der Waals surface area contributed by atoms with E-state index in [1.165, 1.54) is 10.5 Å². The maximum Gasteiger partial charge on any atom is 0.327 e. The Morgan fingerprint density at radius 2 is 1.84 bits per heavy atom. The van der Waals surface area contributed by atoms with Gasteiger partial charge in [-0.15, -0.1) is 0 Å². The largest absolute Gasteiger partial charge is 0.343 e. The number of carbonyl (C=O) groups excluding carboxylic acids is 2. The van der Waals surface area contributed by atoms with E-state index in [0.717, 1.165) is 30.8 Å². The van der Waals surface area contributed by atoms with Crippen LogP contribution in [-0.2, 0) is 11.2 Å². The normalized spacial score (nSPS) is 26.3. The van der Waals surface area contributed by atoms with Gasteiger partial charge in [0.2, 0.25) is 0 Å². The van der Waals surface area contributed by atoms with Crippen LogP contribution in [0.15, 0.2) is 54.6 Å². The van der Waals surface area contributed by atoms with Gasteiger partial charge in [0.1, 0.15) is 18.5 Å². The number of fused-ring (bicyclic) bond motifs is 3. The Labute approximate surface area is 183 Å². The highest BCUT2D eigenvalue weighted by molar-refractivity contribution is 6.00. The molecule has 0 radical (unpaired) electrons. The molecule has 3 unspecified atom stereocenters. The van der Waals surface area contributed by atoms with Crippen LogP contribution in [0.2, 0.25) is 0 Å². The van der Waals surface area contributed by atoms with Crippen LogP contribution in [0.4, 0.5) is 10.5 Å². The highest BCUT2D eigenvalue weighted by Gasteiger charge is 2.55. The summed E-state index contributed by atoms with van der Waals surface area (Å²) in [6, 6.07) is 17.9. The molecule has 0 aromatic heterocycles. The Morgan fingerprint density at radius 3 is 2.61 bits per heavy atom. The van der Waals surface area contributed by atoms with Gasteiger partial charge < -0.3 is 9.80 Å². The SMILES string of the molecule is Cc1cccc(N2CCCN3C4C(=O)N(CCc5ccccc5)C(=O)N(C)C4NC23)c1. The first-order chi connectivity index (χ1) is 15.0. The molecule has 3 heterocycles. The maximum atomic E-state index is 13.5. The lowest BCUT2D eigenvalue weighted by Crippen LogP contribution is -2.66. The number of hydrogen-bond donors (Lipinski definition) is 1. The third-order valence-corrected chi connectivity index (χ3v) is 6.67. The van der Waals surface area contributed by atoms with Gasteiger partial charge in [-0.1, -0.05) is 42.5 Å². The van der Waals surface area contributed by atoms with Crippen LogP contribution < -0.4 is 10.2 Å². The number of rotatable bonds is 4. The van der Waals surface area contributed by atoms with Crippen LogP contribution in [0, 0.1) is 6.92 Å². The molecule has 2 aromatic rings. The van der Waals surface area contributed by atoms with Crippen molar-refractivity contribution < 1.29 is 9.59 Å². The van der Waals surface area contributed by atoms with Crippen LogP contribution in [0.1, 0.15) is 17.5 Å². The highest BCUT2D eigenvalue weighted by Crippen LogP contribution is 2.33. The fourth-order valence-electron chi connectivity index (χ4n) is 5.08. The number of imide groups is 1. The molecule has 31 heavy (non-hydrogen) atoms. The molecule has 3 aliphatic heterocycles. The summed E-state index contributed by atoms with van der Waals surface area (Å²) in [5, 5.41) is 3.58. The number of amides is 3. The minimum absolute atomic E-state index is 0.0925. The van der Waals surface area contributed by atoms with E-state index in [2.05, 4.69) is 46.3 Å². The number of hydrogen-bond acceptors (Lipinski definition) is 5. The first kappa shape index (κ1) is 20.0. The van der Waals surface area contributed by atoms with Crippen LogP contribution in [-0.4, -0.2) is 71.8 Å². The topological polar surface area (TPSA) is 59.1 Å². The fraction of sp³-hybridized carbons (Fsp3) is 0.417. The second kappa shape index (κ2) is 7.98. The van der Waals surface area contributed by atoms with E-state index in [-0.39, 0.29) is 30.4 Å². The first-order valence-corrected chi connectivity index (χ1v) is 11.0. The zero-order valence-electron chi connectivity index (χ0n) is 18.1. The van der Waals surface area contributed by atoms with Gasteiger partial charge in [-0.2, -0.15) is 0 Å². The van der Waals surface area contributed by atoms with Gasteiger partial charge >= 0.3 is 6.03 Å². The second-order valence-electron chi connectivity index (χ2n) is 8.67. The van der Waals surface area contributed by atoms with Crippen molar-refractivity contribution >= 4 is 17.6 Å². The lowest BCUT2D eigenvalue weighted by Gasteiger charge is -2.44. The molecule has 2 aromatic carbocycles. The summed E-state index contributed by atoms with van der Waals surface area (Å²) in [5.41, 5.74) is 3.47. The van der Waals surface area contributed by atoms with Crippen molar-refractivity contribution in [3.05, 3.63) is 65.7 Å². The number of nitrogens with one attached hydrogen (secondary N) is 1. The van der Waals surface area contributed by atoms with E-state index in [1.807, 2.05) is 30.3 Å². The third-order valence-electron chi connectivity index (χ3n) is 6.67. The van der Waals surface area contributed by atoms with E-state index < -0.39 is 0 Å². The predicted octanol–water partition coefficient (Wildman–Crippen LogP) is 2.23. The molecule has 7 heteroatoms. The van der Waals surface area contributed by atoms with Crippen LogP contribution in [0.5, 0.6) is 0 Å². The number of carbonyl (C=O) groups is 2. The van der Waals surface area contributed by atoms with E-state index in [9.17, 15) is 9.59 Å². The number of likely N-dealkylation sites (N-methyl/N-ethyl adjacent to an activating group) is 1. The average Bonchev–Trinajstić information content (AvgIpc) is 3.18. The van der Waals surface area contributed by atoms with Gasteiger partial charge in [0, 0.05) is 32.4 Å². The van der Waals surface area contributed by atoms with E-state index >= 15 is 0 Å². The molecular weight excluding hydrogens is 390 g/mol. The molecule has 0 saturated carbocycles. The Bertz CT molecular complexity index is 981. The standard InChI is InChI=1S/C24H29N5O2/c1-17-8-6-11-19(16-17)27-13-7-14-28-20-21(25-23(27)28)26(2)24(31)29(22(20)30)15-12-18-9-4-3-5-10-18/h3-6,8-11,16,20-21,23,25H,7,12-15H2,1-2H3. The minimum atomic E-state index is -0.365. The minimum Gasteiger partial charge on any atom is -0.343 e. The van der Waals surface area contributed by atoms with Crippen molar-refractivity contribution in [1.82, 2.24) is 20.0 Å². The Hall–Kier alpha value is -2.90. The van der Waals surface area contributed by atoms with Crippen LogP contribution in [0.25, 0.3) is 0 Å². The molecular formula is C24H29N5O2.